The fourth-order valence-electron chi connectivity index (χ4n) is 1.99. The molecule has 1 aliphatic rings. The van der Waals surface area contributed by atoms with Crippen LogP contribution in [0.1, 0.15) is 37.8 Å². The highest BCUT2D eigenvalue weighted by Crippen LogP contribution is 2.47. The first-order chi connectivity index (χ1) is 6.98. The summed E-state index contributed by atoms with van der Waals surface area (Å²) in [4.78, 5) is 0. The quantitative estimate of drug-likeness (QED) is 0.791. The van der Waals surface area contributed by atoms with Gasteiger partial charge in [-0.15, -0.1) is 0 Å². The molecule has 1 aliphatic carbocycles. The van der Waals surface area contributed by atoms with Crippen molar-refractivity contribution in [1.82, 2.24) is 0 Å². The number of nitrogens with two attached hydrogens (primary N) is 1. The second-order valence-electron chi connectivity index (χ2n) is 5.12. The Hall–Kier alpha value is -0.860. The number of benzene rings is 1. The predicted octanol–water partition coefficient (Wildman–Crippen LogP) is 1.90. The van der Waals surface area contributed by atoms with Crippen molar-refractivity contribution in [2.45, 2.75) is 37.7 Å². The Labute approximate surface area is 91.1 Å². The van der Waals surface area contributed by atoms with Crippen LogP contribution in [0.15, 0.2) is 24.3 Å². The van der Waals surface area contributed by atoms with Crippen molar-refractivity contribution in [1.29, 1.82) is 0 Å². The summed E-state index contributed by atoms with van der Waals surface area (Å²) in [6, 6.07) is 8.20. The minimum Gasteiger partial charge on any atom is -0.386 e. The summed E-state index contributed by atoms with van der Waals surface area (Å²) in [6.07, 6.45) is 2.36. The standard InChI is InChI=1S/C13H19NO/c1-12(2,15)10-4-3-5-11(8-10)13(9-14)6-7-13/h3-5,8,15H,6-7,9,14H2,1-2H3. The van der Waals surface area contributed by atoms with E-state index >= 15 is 0 Å². The van der Waals surface area contributed by atoms with Crippen LogP contribution in [0.25, 0.3) is 0 Å². The lowest BCUT2D eigenvalue weighted by atomic mass is 9.90. The van der Waals surface area contributed by atoms with Crippen molar-refractivity contribution in [3.8, 4) is 0 Å². The second kappa shape index (κ2) is 3.32. The molecular formula is C13H19NO. The minimum absolute atomic E-state index is 0.210. The average Bonchev–Trinajstić information content (AvgIpc) is 2.97. The molecule has 0 heterocycles. The zero-order valence-corrected chi connectivity index (χ0v) is 9.46. The van der Waals surface area contributed by atoms with Gasteiger partial charge in [0.1, 0.15) is 0 Å². The van der Waals surface area contributed by atoms with Crippen LogP contribution in [0.4, 0.5) is 0 Å². The zero-order valence-electron chi connectivity index (χ0n) is 9.46. The summed E-state index contributed by atoms with van der Waals surface area (Å²) < 4.78 is 0. The molecule has 82 valence electrons. The molecular weight excluding hydrogens is 186 g/mol. The van der Waals surface area contributed by atoms with Crippen molar-refractivity contribution < 1.29 is 5.11 Å². The van der Waals surface area contributed by atoms with Crippen LogP contribution in [0.5, 0.6) is 0 Å². The molecule has 0 atom stereocenters. The van der Waals surface area contributed by atoms with Gasteiger partial charge in [0.15, 0.2) is 0 Å². The lowest BCUT2D eigenvalue weighted by molar-refractivity contribution is 0.0785. The first-order valence-corrected chi connectivity index (χ1v) is 5.51. The number of hydrogen-bond acceptors (Lipinski definition) is 2. The third-order valence-corrected chi connectivity index (χ3v) is 3.43. The van der Waals surface area contributed by atoms with Gasteiger partial charge in [0.2, 0.25) is 0 Å². The van der Waals surface area contributed by atoms with Crippen molar-refractivity contribution in [2.24, 2.45) is 5.73 Å². The fraction of sp³-hybridized carbons (Fsp3) is 0.538. The molecule has 0 aromatic heterocycles. The van der Waals surface area contributed by atoms with E-state index in [-0.39, 0.29) is 5.41 Å². The van der Waals surface area contributed by atoms with Gasteiger partial charge in [-0.1, -0.05) is 24.3 Å². The second-order valence-corrected chi connectivity index (χ2v) is 5.12. The van der Waals surface area contributed by atoms with Crippen LogP contribution in [-0.4, -0.2) is 11.7 Å². The molecule has 0 radical (unpaired) electrons. The molecule has 0 unspecified atom stereocenters. The van der Waals surface area contributed by atoms with E-state index in [2.05, 4.69) is 12.1 Å². The molecule has 1 aromatic rings. The molecule has 3 N–H and O–H groups in total. The molecule has 0 aliphatic heterocycles. The summed E-state index contributed by atoms with van der Waals surface area (Å²) in [5.74, 6) is 0. The van der Waals surface area contributed by atoms with Crippen LogP contribution in [0.2, 0.25) is 0 Å². The highest BCUT2D eigenvalue weighted by Gasteiger charge is 2.43. The van der Waals surface area contributed by atoms with Gasteiger partial charge in [0, 0.05) is 12.0 Å². The van der Waals surface area contributed by atoms with Crippen LogP contribution in [0, 0.1) is 0 Å². The third kappa shape index (κ3) is 1.92. The van der Waals surface area contributed by atoms with E-state index in [4.69, 9.17) is 5.73 Å². The molecule has 0 saturated heterocycles. The topological polar surface area (TPSA) is 46.2 Å². The molecule has 0 amide bonds. The van der Waals surface area contributed by atoms with E-state index in [1.54, 1.807) is 0 Å². The van der Waals surface area contributed by atoms with Crippen LogP contribution in [-0.2, 0) is 11.0 Å². The molecule has 15 heavy (non-hydrogen) atoms. The van der Waals surface area contributed by atoms with Crippen LogP contribution in [0.3, 0.4) is 0 Å². The van der Waals surface area contributed by atoms with Gasteiger partial charge in [-0.05, 0) is 37.8 Å². The Bertz CT molecular complexity index is 361. The predicted molar refractivity (Wildman–Crippen MR) is 61.7 cm³/mol. The fourth-order valence-corrected chi connectivity index (χ4v) is 1.99. The summed E-state index contributed by atoms with van der Waals surface area (Å²) in [5.41, 5.74) is 7.50. The summed E-state index contributed by atoms with van der Waals surface area (Å²) in [7, 11) is 0. The maximum atomic E-state index is 9.94. The van der Waals surface area contributed by atoms with Gasteiger partial charge in [-0.3, -0.25) is 0 Å². The Kier molecular flexibility index (Phi) is 2.36. The van der Waals surface area contributed by atoms with Crippen molar-refractivity contribution in [2.75, 3.05) is 6.54 Å². The van der Waals surface area contributed by atoms with E-state index in [0.29, 0.717) is 6.54 Å². The summed E-state index contributed by atoms with van der Waals surface area (Å²) in [5, 5.41) is 9.94. The van der Waals surface area contributed by atoms with E-state index < -0.39 is 5.60 Å². The Balaban J connectivity index is 2.35. The Morgan fingerprint density at radius 2 is 2.07 bits per heavy atom. The zero-order chi connectivity index (χ0) is 11.1. The average molecular weight is 205 g/mol. The number of aliphatic hydroxyl groups is 1. The molecule has 0 bridgehead atoms. The van der Waals surface area contributed by atoms with Crippen LogP contribution < -0.4 is 5.73 Å². The van der Waals surface area contributed by atoms with E-state index in [9.17, 15) is 5.11 Å². The van der Waals surface area contributed by atoms with Gasteiger partial charge in [0.05, 0.1) is 5.60 Å². The summed E-state index contributed by atoms with van der Waals surface area (Å²) >= 11 is 0. The first-order valence-electron chi connectivity index (χ1n) is 5.51. The first kappa shape index (κ1) is 10.7. The number of rotatable bonds is 3. The van der Waals surface area contributed by atoms with E-state index in [1.807, 2.05) is 26.0 Å². The minimum atomic E-state index is -0.763. The van der Waals surface area contributed by atoms with E-state index in [1.165, 1.54) is 18.4 Å². The number of hydrogen-bond donors (Lipinski definition) is 2. The lowest BCUT2D eigenvalue weighted by Crippen LogP contribution is -2.21. The van der Waals surface area contributed by atoms with Crippen molar-refractivity contribution >= 4 is 0 Å². The van der Waals surface area contributed by atoms with Gasteiger partial charge < -0.3 is 10.8 Å². The Morgan fingerprint density at radius 3 is 2.53 bits per heavy atom. The monoisotopic (exact) mass is 205 g/mol. The lowest BCUT2D eigenvalue weighted by Gasteiger charge is -2.21. The molecule has 1 aromatic carbocycles. The largest absolute Gasteiger partial charge is 0.386 e. The smallest absolute Gasteiger partial charge is 0.0840 e. The van der Waals surface area contributed by atoms with E-state index in [0.717, 1.165) is 5.56 Å². The summed E-state index contributed by atoms with van der Waals surface area (Å²) in [6.45, 7) is 4.34. The molecule has 1 saturated carbocycles. The molecule has 1 fully saturated rings. The SMILES string of the molecule is CC(C)(O)c1cccc(C2(CN)CC2)c1. The Morgan fingerprint density at radius 1 is 1.40 bits per heavy atom. The van der Waals surface area contributed by atoms with Crippen LogP contribution >= 0.6 is 0 Å². The molecule has 0 spiro atoms. The van der Waals surface area contributed by atoms with Gasteiger partial charge >= 0.3 is 0 Å². The maximum Gasteiger partial charge on any atom is 0.0840 e. The third-order valence-electron chi connectivity index (χ3n) is 3.43. The van der Waals surface area contributed by atoms with Gasteiger partial charge in [-0.2, -0.15) is 0 Å². The molecule has 2 nitrogen and oxygen atoms in total. The normalized spacial score (nSPS) is 18.9. The van der Waals surface area contributed by atoms with Gasteiger partial charge in [0.25, 0.3) is 0 Å². The highest BCUT2D eigenvalue weighted by atomic mass is 16.3. The highest BCUT2D eigenvalue weighted by molar-refractivity contribution is 5.36. The van der Waals surface area contributed by atoms with Gasteiger partial charge in [-0.25, -0.2) is 0 Å². The van der Waals surface area contributed by atoms with Crippen molar-refractivity contribution in [3.05, 3.63) is 35.4 Å². The maximum absolute atomic E-state index is 9.94. The van der Waals surface area contributed by atoms with Crippen molar-refractivity contribution in [3.63, 3.8) is 0 Å². The molecule has 2 rings (SSSR count). The molecule has 2 heteroatoms.